The van der Waals surface area contributed by atoms with Crippen LogP contribution in [0.1, 0.15) is 40.1 Å². The Kier molecular flexibility index (Phi) is 12.4. The van der Waals surface area contributed by atoms with Crippen LogP contribution in [-0.4, -0.2) is 86.0 Å². The minimum Gasteiger partial charge on any atom is -0.496 e. The van der Waals surface area contributed by atoms with Crippen molar-refractivity contribution < 1.29 is 55.7 Å². The highest BCUT2D eigenvalue weighted by Crippen LogP contribution is 2.43. The number of nitrogens with two attached hydrogens (primary N) is 1. The molecular formula is C29H29ClF6N6O6. The van der Waals surface area contributed by atoms with Gasteiger partial charge < -0.3 is 30.2 Å². The first-order valence-electron chi connectivity index (χ1n) is 13.3. The molecule has 1 atom stereocenters. The number of benzene rings is 1. The van der Waals surface area contributed by atoms with Crippen LogP contribution < -0.4 is 10.5 Å². The van der Waals surface area contributed by atoms with Gasteiger partial charge in [-0.25, -0.2) is 19.6 Å². The highest BCUT2D eigenvalue weighted by molar-refractivity contribution is 6.32. The number of halogens is 7. The number of hydrogen-bond donors (Lipinski definition) is 3. The molecule has 0 bridgehead atoms. The van der Waals surface area contributed by atoms with Gasteiger partial charge in [-0.15, -0.1) is 0 Å². The standard InChI is InChI=1S/C25H27ClN6O2.2C2HF3O2/c1-13-11-32(24-20(13)23(27)29-12-30-24)15(3)17-9-18(26)14(2)21(22(17)34-6)16-7-8-19(28-10-16)25(33)31(4)5;2*3-2(4,5)1(6)7/h7-12,15H,1-6H3,(H2,27,29,30);2*(H,6,7). The molecule has 4 N–H and O–H groups in total. The summed E-state index contributed by atoms with van der Waals surface area (Å²) in [5.41, 5.74) is 11.6. The molecule has 1 aromatic carbocycles. The smallest absolute Gasteiger partial charge is 0.490 e. The molecule has 3 heterocycles. The molecule has 0 spiro atoms. The van der Waals surface area contributed by atoms with Gasteiger partial charge in [0, 0.05) is 48.2 Å². The van der Waals surface area contributed by atoms with Crippen LogP contribution in [0.3, 0.4) is 0 Å². The van der Waals surface area contributed by atoms with Gasteiger partial charge in [-0.2, -0.15) is 26.3 Å². The van der Waals surface area contributed by atoms with Crippen LogP contribution in [0.25, 0.3) is 22.2 Å². The largest absolute Gasteiger partial charge is 0.496 e. The Balaban J connectivity index is 0.000000479. The van der Waals surface area contributed by atoms with Crippen molar-refractivity contribution in [2.75, 3.05) is 26.9 Å². The Morgan fingerprint density at radius 1 is 1.00 bits per heavy atom. The fourth-order valence-electron chi connectivity index (χ4n) is 4.26. The Bertz CT molecular complexity index is 1790. The number of aryl methyl sites for hydroxylation is 1. The predicted octanol–water partition coefficient (Wildman–Crippen LogP) is 5.93. The topological polar surface area (TPSA) is 174 Å². The molecule has 4 rings (SSSR count). The first kappa shape index (κ1) is 39.1. The van der Waals surface area contributed by atoms with E-state index in [2.05, 4.69) is 21.9 Å². The van der Waals surface area contributed by atoms with Gasteiger partial charge in [0.1, 0.15) is 29.2 Å². The lowest BCUT2D eigenvalue weighted by molar-refractivity contribution is -0.193. The van der Waals surface area contributed by atoms with Crippen molar-refractivity contribution in [3.05, 3.63) is 64.3 Å². The highest BCUT2D eigenvalue weighted by Gasteiger charge is 2.39. The number of nitrogen functional groups attached to an aromatic ring is 1. The molecule has 48 heavy (non-hydrogen) atoms. The van der Waals surface area contributed by atoms with Crippen LogP contribution in [0, 0.1) is 13.8 Å². The van der Waals surface area contributed by atoms with Gasteiger partial charge in [0.15, 0.2) is 0 Å². The zero-order valence-corrected chi connectivity index (χ0v) is 26.8. The van der Waals surface area contributed by atoms with Gasteiger partial charge in [0.2, 0.25) is 0 Å². The average molecular weight is 707 g/mol. The number of carbonyl (C=O) groups is 3. The third-order valence-electron chi connectivity index (χ3n) is 6.57. The molecule has 12 nitrogen and oxygen atoms in total. The molecule has 4 aromatic rings. The molecule has 0 saturated carbocycles. The zero-order valence-electron chi connectivity index (χ0n) is 26.0. The second-order valence-electron chi connectivity index (χ2n) is 10.1. The van der Waals surface area contributed by atoms with Gasteiger partial charge in [0.05, 0.1) is 18.5 Å². The first-order chi connectivity index (χ1) is 22.0. The van der Waals surface area contributed by atoms with Gasteiger partial charge in [-0.3, -0.25) is 9.78 Å². The summed E-state index contributed by atoms with van der Waals surface area (Å²) in [5.74, 6) is -4.54. The molecule has 19 heteroatoms. The number of hydrogen-bond acceptors (Lipinski definition) is 8. The van der Waals surface area contributed by atoms with E-state index >= 15 is 0 Å². The summed E-state index contributed by atoms with van der Waals surface area (Å²) in [7, 11) is 5.03. The number of ether oxygens (including phenoxy) is 1. The highest BCUT2D eigenvalue weighted by atomic mass is 35.5. The molecule has 0 fully saturated rings. The lowest BCUT2D eigenvalue weighted by Gasteiger charge is -2.23. The van der Waals surface area contributed by atoms with Gasteiger partial charge in [0.25, 0.3) is 5.91 Å². The third-order valence-corrected chi connectivity index (χ3v) is 6.96. The molecule has 0 radical (unpaired) electrons. The van der Waals surface area contributed by atoms with Crippen molar-refractivity contribution in [1.29, 1.82) is 0 Å². The van der Waals surface area contributed by atoms with Crippen molar-refractivity contribution in [3.63, 3.8) is 0 Å². The van der Waals surface area contributed by atoms with Crippen LogP contribution in [0.2, 0.25) is 5.02 Å². The minimum absolute atomic E-state index is 0.160. The summed E-state index contributed by atoms with van der Waals surface area (Å²) in [6.45, 7) is 5.98. The summed E-state index contributed by atoms with van der Waals surface area (Å²) in [6, 6.07) is 5.33. The quantitative estimate of drug-likeness (QED) is 0.211. The molecule has 0 saturated heterocycles. The maximum Gasteiger partial charge on any atom is 0.490 e. The fraction of sp³-hybridized carbons (Fsp3) is 0.310. The Morgan fingerprint density at radius 2 is 1.54 bits per heavy atom. The third kappa shape index (κ3) is 9.02. The molecule has 3 aromatic heterocycles. The lowest BCUT2D eigenvalue weighted by atomic mass is 9.94. The number of aliphatic carboxylic acids is 2. The first-order valence-corrected chi connectivity index (χ1v) is 13.6. The number of aromatic nitrogens is 4. The summed E-state index contributed by atoms with van der Waals surface area (Å²) >= 11 is 6.71. The molecule has 1 amide bonds. The summed E-state index contributed by atoms with van der Waals surface area (Å²) in [6.07, 6.45) is -5.01. The van der Waals surface area contributed by atoms with E-state index in [-0.39, 0.29) is 11.9 Å². The fourth-order valence-corrected chi connectivity index (χ4v) is 4.47. The van der Waals surface area contributed by atoms with Crippen LogP contribution in [-0.2, 0) is 9.59 Å². The van der Waals surface area contributed by atoms with E-state index in [1.807, 2.05) is 36.7 Å². The number of fused-ring (bicyclic) bond motifs is 1. The predicted molar refractivity (Wildman–Crippen MR) is 162 cm³/mol. The van der Waals surface area contributed by atoms with E-state index in [0.717, 1.165) is 38.9 Å². The van der Waals surface area contributed by atoms with Crippen molar-refractivity contribution >= 4 is 46.3 Å². The molecule has 1 unspecified atom stereocenters. The number of rotatable bonds is 5. The van der Waals surface area contributed by atoms with E-state index in [1.54, 1.807) is 33.5 Å². The molecule has 0 aliphatic heterocycles. The number of amides is 1. The van der Waals surface area contributed by atoms with Crippen LogP contribution in [0.4, 0.5) is 32.2 Å². The normalized spacial score (nSPS) is 11.9. The molecule has 260 valence electrons. The van der Waals surface area contributed by atoms with Crippen molar-refractivity contribution in [2.45, 2.75) is 39.2 Å². The monoisotopic (exact) mass is 706 g/mol. The number of anilines is 1. The summed E-state index contributed by atoms with van der Waals surface area (Å²) in [5, 5.41) is 15.7. The van der Waals surface area contributed by atoms with Crippen molar-refractivity contribution in [3.8, 4) is 16.9 Å². The van der Waals surface area contributed by atoms with Crippen molar-refractivity contribution in [1.82, 2.24) is 24.4 Å². The number of methoxy groups -OCH3 is 1. The Morgan fingerprint density at radius 3 is 1.98 bits per heavy atom. The number of carboxylic acids is 2. The average Bonchev–Trinajstić information content (AvgIpc) is 3.34. The van der Waals surface area contributed by atoms with Gasteiger partial charge in [-0.1, -0.05) is 17.7 Å². The van der Waals surface area contributed by atoms with E-state index in [1.165, 1.54) is 11.2 Å². The molecule has 0 aliphatic carbocycles. The SMILES string of the molecule is COc1c(C(C)n2cc(C)c3c(N)ncnc32)cc(Cl)c(C)c1-c1ccc(C(=O)N(C)C)nc1.O=C(O)C(F)(F)F.O=C(O)C(F)(F)F. The molecule has 0 aliphatic rings. The van der Waals surface area contributed by atoms with E-state index in [9.17, 15) is 31.1 Å². The van der Waals surface area contributed by atoms with Gasteiger partial charge >= 0.3 is 24.3 Å². The second kappa shape index (κ2) is 15.2. The minimum atomic E-state index is -5.08. The number of pyridine rings is 1. The number of alkyl halides is 6. The maximum atomic E-state index is 12.3. The number of nitrogens with zero attached hydrogens (tertiary/aromatic N) is 5. The number of carbonyl (C=O) groups excluding carboxylic acids is 1. The lowest BCUT2D eigenvalue weighted by Crippen LogP contribution is -2.22. The zero-order chi connectivity index (χ0) is 36.9. The van der Waals surface area contributed by atoms with E-state index in [0.29, 0.717) is 22.3 Å². The maximum absolute atomic E-state index is 12.3. The van der Waals surface area contributed by atoms with Crippen LogP contribution in [0.5, 0.6) is 5.75 Å². The number of carboxylic acid groups (broad SMARTS) is 2. The summed E-state index contributed by atoms with van der Waals surface area (Å²) < 4.78 is 71.5. The molecular weight excluding hydrogens is 678 g/mol. The summed E-state index contributed by atoms with van der Waals surface area (Å²) in [4.78, 5) is 44.5. The van der Waals surface area contributed by atoms with Gasteiger partial charge in [-0.05, 0) is 44.0 Å². The Labute approximate surface area is 273 Å². The van der Waals surface area contributed by atoms with E-state index in [4.69, 9.17) is 41.9 Å². The Hall–Kier alpha value is -5.13. The van der Waals surface area contributed by atoms with Crippen molar-refractivity contribution in [2.24, 2.45) is 0 Å². The van der Waals surface area contributed by atoms with Crippen LogP contribution in [0.15, 0.2) is 36.9 Å². The second-order valence-corrected chi connectivity index (χ2v) is 10.5. The van der Waals surface area contributed by atoms with E-state index < -0.39 is 24.3 Å². The van der Waals surface area contributed by atoms with Crippen LogP contribution >= 0.6 is 11.6 Å².